The van der Waals surface area contributed by atoms with Crippen LogP contribution in [0.15, 0.2) is 0 Å². The van der Waals surface area contributed by atoms with E-state index in [1.54, 1.807) is 4.90 Å². The molecule has 1 fully saturated rings. The number of carbonyl (C=O) groups is 2. The van der Waals surface area contributed by atoms with Crippen molar-refractivity contribution in [3.8, 4) is 0 Å². The molecule has 13 heavy (non-hydrogen) atoms. The summed E-state index contributed by atoms with van der Waals surface area (Å²) in [5, 5.41) is 0. The van der Waals surface area contributed by atoms with E-state index in [2.05, 4.69) is 0 Å². The molecule has 1 heterocycles. The molecular weight excluding hydrogens is 166 g/mol. The summed E-state index contributed by atoms with van der Waals surface area (Å²) >= 11 is 0. The lowest BCUT2D eigenvalue weighted by molar-refractivity contribution is -0.138. The predicted molar refractivity (Wildman–Crippen MR) is 50.3 cm³/mol. The summed E-state index contributed by atoms with van der Waals surface area (Å²) in [4.78, 5) is 24.3. The maximum absolute atomic E-state index is 11.5. The Labute approximate surface area is 79.1 Å². The molecule has 1 saturated heterocycles. The van der Waals surface area contributed by atoms with Gasteiger partial charge in [-0.25, -0.2) is 0 Å². The lowest BCUT2D eigenvalue weighted by Crippen LogP contribution is -2.40. The SMILES string of the molecule is CC(C)CC(=O)N1CCCC(=O)C1. The van der Waals surface area contributed by atoms with Crippen LogP contribution in [0.25, 0.3) is 0 Å². The molecular formula is C10H17NO2. The highest BCUT2D eigenvalue weighted by Crippen LogP contribution is 2.10. The summed E-state index contributed by atoms with van der Waals surface area (Å²) in [5.74, 6) is 0.705. The third-order valence-electron chi connectivity index (χ3n) is 2.19. The highest BCUT2D eigenvalue weighted by atomic mass is 16.2. The number of hydrogen-bond donors (Lipinski definition) is 0. The molecule has 0 saturated carbocycles. The zero-order valence-electron chi connectivity index (χ0n) is 8.38. The van der Waals surface area contributed by atoms with Gasteiger partial charge in [-0.3, -0.25) is 9.59 Å². The molecule has 0 aromatic carbocycles. The Kier molecular flexibility index (Phi) is 3.46. The van der Waals surface area contributed by atoms with Crippen LogP contribution in [-0.2, 0) is 9.59 Å². The highest BCUT2D eigenvalue weighted by molar-refractivity contribution is 5.87. The van der Waals surface area contributed by atoms with Gasteiger partial charge in [0.2, 0.25) is 5.91 Å². The predicted octanol–water partition coefficient (Wildman–Crippen LogP) is 1.22. The van der Waals surface area contributed by atoms with E-state index < -0.39 is 0 Å². The summed E-state index contributed by atoms with van der Waals surface area (Å²) < 4.78 is 0. The molecule has 1 aliphatic heterocycles. The van der Waals surface area contributed by atoms with Crippen LogP contribution in [0.3, 0.4) is 0 Å². The minimum atomic E-state index is 0.128. The van der Waals surface area contributed by atoms with Gasteiger partial charge in [0, 0.05) is 19.4 Å². The van der Waals surface area contributed by atoms with Crippen molar-refractivity contribution in [2.45, 2.75) is 33.1 Å². The van der Waals surface area contributed by atoms with E-state index in [9.17, 15) is 9.59 Å². The summed E-state index contributed by atoms with van der Waals surface area (Å²) in [6.45, 7) is 5.14. The van der Waals surface area contributed by atoms with Crippen molar-refractivity contribution in [3.63, 3.8) is 0 Å². The van der Waals surface area contributed by atoms with Gasteiger partial charge in [0.15, 0.2) is 5.78 Å². The molecule has 74 valence electrons. The second-order valence-electron chi connectivity index (χ2n) is 4.06. The van der Waals surface area contributed by atoms with E-state index >= 15 is 0 Å². The van der Waals surface area contributed by atoms with Crippen molar-refractivity contribution in [2.24, 2.45) is 5.92 Å². The third-order valence-corrected chi connectivity index (χ3v) is 2.19. The molecule has 0 aromatic heterocycles. The fourth-order valence-electron chi connectivity index (χ4n) is 1.53. The van der Waals surface area contributed by atoms with Gasteiger partial charge >= 0.3 is 0 Å². The van der Waals surface area contributed by atoms with Crippen LogP contribution in [0.4, 0.5) is 0 Å². The topological polar surface area (TPSA) is 37.4 Å². The highest BCUT2D eigenvalue weighted by Gasteiger charge is 2.21. The standard InChI is InChI=1S/C10H17NO2/c1-8(2)6-10(13)11-5-3-4-9(12)7-11/h8H,3-7H2,1-2H3. The molecule has 0 unspecified atom stereocenters. The first-order valence-corrected chi connectivity index (χ1v) is 4.89. The Hall–Kier alpha value is -0.860. The summed E-state index contributed by atoms with van der Waals surface area (Å²) in [5.41, 5.74) is 0. The Morgan fingerprint density at radius 2 is 2.23 bits per heavy atom. The van der Waals surface area contributed by atoms with E-state index in [-0.39, 0.29) is 11.7 Å². The van der Waals surface area contributed by atoms with Crippen LogP contribution in [0.1, 0.15) is 33.1 Å². The second kappa shape index (κ2) is 4.40. The van der Waals surface area contributed by atoms with Crippen molar-refractivity contribution >= 4 is 11.7 Å². The average Bonchev–Trinajstić information content (AvgIpc) is 2.03. The summed E-state index contributed by atoms with van der Waals surface area (Å²) in [6, 6.07) is 0. The molecule has 0 radical (unpaired) electrons. The quantitative estimate of drug-likeness (QED) is 0.645. The molecule has 0 N–H and O–H groups in total. The van der Waals surface area contributed by atoms with Gasteiger partial charge in [-0.2, -0.15) is 0 Å². The molecule has 0 spiro atoms. The molecule has 0 aliphatic carbocycles. The van der Waals surface area contributed by atoms with E-state index in [0.717, 1.165) is 13.0 Å². The van der Waals surface area contributed by atoms with Crippen molar-refractivity contribution in [2.75, 3.05) is 13.1 Å². The van der Waals surface area contributed by atoms with Crippen molar-refractivity contribution < 1.29 is 9.59 Å². The summed E-state index contributed by atoms with van der Waals surface area (Å²) in [6.07, 6.45) is 2.04. The van der Waals surface area contributed by atoms with Gasteiger partial charge in [-0.1, -0.05) is 13.8 Å². The number of piperidine rings is 1. The molecule has 1 rings (SSSR count). The van der Waals surface area contributed by atoms with Crippen LogP contribution >= 0.6 is 0 Å². The molecule has 3 nitrogen and oxygen atoms in total. The van der Waals surface area contributed by atoms with Crippen LogP contribution in [0.2, 0.25) is 0 Å². The molecule has 3 heteroatoms. The lowest BCUT2D eigenvalue weighted by atomic mass is 10.1. The van der Waals surface area contributed by atoms with Crippen molar-refractivity contribution in [1.82, 2.24) is 4.90 Å². The number of amides is 1. The zero-order valence-corrected chi connectivity index (χ0v) is 8.38. The van der Waals surface area contributed by atoms with Crippen LogP contribution in [-0.4, -0.2) is 29.7 Å². The molecule has 1 amide bonds. The van der Waals surface area contributed by atoms with E-state index in [0.29, 0.717) is 25.3 Å². The van der Waals surface area contributed by atoms with Crippen LogP contribution in [0.5, 0.6) is 0 Å². The average molecular weight is 183 g/mol. The molecule has 0 bridgehead atoms. The zero-order chi connectivity index (χ0) is 9.84. The minimum Gasteiger partial charge on any atom is -0.335 e. The summed E-state index contributed by atoms with van der Waals surface area (Å²) in [7, 11) is 0. The largest absolute Gasteiger partial charge is 0.335 e. The van der Waals surface area contributed by atoms with E-state index in [1.165, 1.54) is 0 Å². The Morgan fingerprint density at radius 3 is 2.77 bits per heavy atom. The first-order valence-electron chi connectivity index (χ1n) is 4.89. The van der Waals surface area contributed by atoms with Crippen LogP contribution < -0.4 is 0 Å². The minimum absolute atomic E-state index is 0.128. The van der Waals surface area contributed by atoms with Gasteiger partial charge < -0.3 is 4.90 Å². The number of ketones is 1. The van der Waals surface area contributed by atoms with Crippen molar-refractivity contribution in [1.29, 1.82) is 0 Å². The van der Waals surface area contributed by atoms with Gasteiger partial charge in [-0.05, 0) is 12.3 Å². The maximum Gasteiger partial charge on any atom is 0.223 e. The molecule has 0 aromatic rings. The van der Waals surface area contributed by atoms with E-state index in [4.69, 9.17) is 0 Å². The third kappa shape index (κ3) is 3.17. The van der Waals surface area contributed by atoms with Gasteiger partial charge in [0.25, 0.3) is 0 Å². The van der Waals surface area contributed by atoms with E-state index in [1.807, 2.05) is 13.8 Å². The van der Waals surface area contributed by atoms with Crippen molar-refractivity contribution in [3.05, 3.63) is 0 Å². The number of nitrogens with zero attached hydrogens (tertiary/aromatic N) is 1. The number of carbonyl (C=O) groups excluding carboxylic acids is 2. The fourth-order valence-corrected chi connectivity index (χ4v) is 1.53. The monoisotopic (exact) mass is 183 g/mol. The Morgan fingerprint density at radius 1 is 1.54 bits per heavy atom. The normalized spacial score (nSPS) is 18.1. The number of hydrogen-bond acceptors (Lipinski definition) is 2. The van der Waals surface area contributed by atoms with Gasteiger partial charge in [-0.15, -0.1) is 0 Å². The van der Waals surface area contributed by atoms with Crippen LogP contribution in [0, 0.1) is 5.92 Å². The number of likely N-dealkylation sites (tertiary alicyclic amines) is 1. The maximum atomic E-state index is 11.5. The molecule has 0 atom stereocenters. The lowest BCUT2D eigenvalue weighted by Gasteiger charge is -2.26. The van der Waals surface area contributed by atoms with Gasteiger partial charge in [0.05, 0.1) is 6.54 Å². The first-order chi connectivity index (χ1) is 6.09. The Balaban J connectivity index is 2.41. The molecule has 1 aliphatic rings. The fraction of sp³-hybridized carbons (Fsp3) is 0.800. The first kappa shape index (κ1) is 10.2. The second-order valence-corrected chi connectivity index (χ2v) is 4.06. The van der Waals surface area contributed by atoms with Gasteiger partial charge in [0.1, 0.15) is 0 Å². The Bertz CT molecular complexity index is 211. The smallest absolute Gasteiger partial charge is 0.223 e. The number of Topliss-reactive ketones (excluding diaryl/α,β-unsaturated/α-hetero) is 1. The number of rotatable bonds is 2.